The van der Waals surface area contributed by atoms with Crippen molar-refractivity contribution < 1.29 is 0 Å². The standard InChI is InChI=1S/C7H9ClN2/c8-6-3-1-2-5(4-6)7(9)10/h1-4,7H,9-10H2. The number of benzene rings is 1. The van der Waals surface area contributed by atoms with Gasteiger partial charge in [0.05, 0.1) is 6.17 Å². The van der Waals surface area contributed by atoms with Crippen LogP contribution in [0, 0.1) is 0 Å². The molecule has 1 rings (SSSR count). The highest BCUT2D eigenvalue weighted by Crippen LogP contribution is 2.12. The number of halogens is 1. The molecule has 0 radical (unpaired) electrons. The summed E-state index contributed by atoms with van der Waals surface area (Å²) < 4.78 is 0. The maximum atomic E-state index is 5.68. The molecule has 0 unspecified atom stereocenters. The minimum absolute atomic E-state index is 0.432. The molecule has 0 bridgehead atoms. The van der Waals surface area contributed by atoms with Gasteiger partial charge in [0.25, 0.3) is 0 Å². The van der Waals surface area contributed by atoms with E-state index in [2.05, 4.69) is 0 Å². The van der Waals surface area contributed by atoms with Gasteiger partial charge in [-0.1, -0.05) is 23.7 Å². The lowest BCUT2D eigenvalue weighted by atomic mass is 10.2. The van der Waals surface area contributed by atoms with Gasteiger partial charge in [0.1, 0.15) is 0 Å². The van der Waals surface area contributed by atoms with Crippen LogP contribution in [0.3, 0.4) is 0 Å². The Hall–Kier alpha value is -0.570. The molecular formula is C7H9ClN2. The molecule has 0 amide bonds. The smallest absolute Gasteiger partial charge is 0.0785 e. The Morgan fingerprint density at radius 3 is 2.40 bits per heavy atom. The summed E-state index contributed by atoms with van der Waals surface area (Å²) in [4.78, 5) is 0. The third-order valence-electron chi connectivity index (χ3n) is 1.23. The van der Waals surface area contributed by atoms with Crippen molar-refractivity contribution in [1.29, 1.82) is 0 Å². The molecule has 0 aliphatic rings. The highest BCUT2D eigenvalue weighted by Gasteiger charge is 1.97. The highest BCUT2D eigenvalue weighted by atomic mass is 35.5. The van der Waals surface area contributed by atoms with Gasteiger partial charge in [-0.3, -0.25) is 0 Å². The van der Waals surface area contributed by atoms with Gasteiger partial charge in [-0.2, -0.15) is 0 Å². The molecule has 4 N–H and O–H groups in total. The second-order valence-corrected chi connectivity index (χ2v) is 2.52. The van der Waals surface area contributed by atoms with Crippen LogP contribution in [0.2, 0.25) is 5.02 Å². The molecule has 2 nitrogen and oxygen atoms in total. The quantitative estimate of drug-likeness (QED) is 0.602. The van der Waals surface area contributed by atoms with Crippen LogP contribution in [-0.2, 0) is 0 Å². The lowest BCUT2D eigenvalue weighted by Gasteiger charge is -2.04. The van der Waals surface area contributed by atoms with Crippen LogP contribution < -0.4 is 11.5 Å². The second kappa shape index (κ2) is 3.01. The van der Waals surface area contributed by atoms with Crippen LogP contribution in [0.4, 0.5) is 0 Å². The average molecular weight is 157 g/mol. The molecule has 0 atom stereocenters. The monoisotopic (exact) mass is 156 g/mol. The fourth-order valence-electron chi connectivity index (χ4n) is 0.714. The minimum atomic E-state index is -0.432. The number of hydrogen-bond donors (Lipinski definition) is 2. The molecule has 0 saturated carbocycles. The van der Waals surface area contributed by atoms with Crippen LogP contribution in [0.25, 0.3) is 0 Å². The normalized spacial score (nSPS) is 10.4. The number of rotatable bonds is 1. The predicted octanol–water partition coefficient (Wildman–Crippen LogP) is 1.26. The molecule has 0 aliphatic carbocycles. The summed E-state index contributed by atoms with van der Waals surface area (Å²) in [5.74, 6) is 0. The average Bonchev–Trinajstić information content (AvgIpc) is 1.88. The zero-order valence-corrected chi connectivity index (χ0v) is 6.18. The van der Waals surface area contributed by atoms with Gasteiger partial charge >= 0.3 is 0 Å². The lowest BCUT2D eigenvalue weighted by molar-refractivity contribution is 0.774. The third-order valence-corrected chi connectivity index (χ3v) is 1.47. The van der Waals surface area contributed by atoms with E-state index in [9.17, 15) is 0 Å². The maximum absolute atomic E-state index is 5.68. The van der Waals surface area contributed by atoms with Gasteiger partial charge in [-0.05, 0) is 17.7 Å². The summed E-state index contributed by atoms with van der Waals surface area (Å²) in [5.41, 5.74) is 11.7. The van der Waals surface area contributed by atoms with E-state index >= 15 is 0 Å². The molecule has 0 aromatic heterocycles. The zero-order valence-electron chi connectivity index (χ0n) is 5.42. The van der Waals surface area contributed by atoms with Crippen molar-refractivity contribution in [2.75, 3.05) is 0 Å². The van der Waals surface area contributed by atoms with Crippen LogP contribution >= 0.6 is 11.6 Å². The van der Waals surface area contributed by atoms with E-state index in [1.807, 2.05) is 12.1 Å². The van der Waals surface area contributed by atoms with E-state index in [0.717, 1.165) is 5.56 Å². The Morgan fingerprint density at radius 2 is 2.00 bits per heavy atom. The number of hydrogen-bond acceptors (Lipinski definition) is 2. The molecule has 1 aromatic carbocycles. The van der Waals surface area contributed by atoms with Gasteiger partial charge in [-0.25, -0.2) is 0 Å². The van der Waals surface area contributed by atoms with Gasteiger partial charge in [-0.15, -0.1) is 0 Å². The van der Waals surface area contributed by atoms with Crippen molar-refractivity contribution in [3.05, 3.63) is 34.9 Å². The Balaban J connectivity index is 2.96. The SMILES string of the molecule is NC(N)c1cccc(Cl)c1. The van der Waals surface area contributed by atoms with E-state index in [4.69, 9.17) is 23.1 Å². The van der Waals surface area contributed by atoms with E-state index in [-0.39, 0.29) is 0 Å². The van der Waals surface area contributed by atoms with E-state index in [1.165, 1.54) is 0 Å². The molecule has 0 saturated heterocycles. The molecular weight excluding hydrogens is 148 g/mol. The molecule has 10 heavy (non-hydrogen) atoms. The van der Waals surface area contributed by atoms with Crippen molar-refractivity contribution in [3.63, 3.8) is 0 Å². The molecule has 0 heterocycles. The molecule has 0 fully saturated rings. The predicted molar refractivity (Wildman–Crippen MR) is 42.6 cm³/mol. The van der Waals surface area contributed by atoms with Gasteiger partial charge in [0, 0.05) is 5.02 Å². The summed E-state index contributed by atoms with van der Waals surface area (Å²) >= 11 is 5.68. The van der Waals surface area contributed by atoms with Gasteiger partial charge in [0.2, 0.25) is 0 Å². The van der Waals surface area contributed by atoms with E-state index in [1.54, 1.807) is 12.1 Å². The van der Waals surface area contributed by atoms with Crippen molar-refractivity contribution in [2.45, 2.75) is 6.17 Å². The third kappa shape index (κ3) is 1.70. The van der Waals surface area contributed by atoms with Crippen LogP contribution in [0.5, 0.6) is 0 Å². The number of nitrogens with two attached hydrogens (primary N) is 2. The molecule has 3 heteroatoms. The Labute approximate surface area is 64.8 Å². The van der Waals surface area contributed by atoms with Crippen molar-refractivity contribution in [3.8, 4) is 0 Å². The molecule has 0 spiro atoms. The fraction of sp³-hybridized carbons (Fsp3) is 0.143. The summed E-state index contributed by atoms with van der Waals surface area (Å²) in [6.07, 6.45) is -0.432. The fourth-order valence-corrected chi connectivity index (χ4v) is 0.913. The summed E-state index contributed by atoms with van der Waals surface area (Å²) in [7, 11) is 0. The largest absolute Gasteiger partial charge is 0.312 e. The first-order valence-corrected chi connectivity index (χ1v) is 3.34. The Bertz CT molecular complexity index is 223. The topological polar surface area (TPSA) is 52.0 Å². The van der Waals surface area contributed by atoms with Crippen LogP contribution in [0.15, 0.2) is 24.3 Å². The first kappa shape index (κ1) is 7.54. The lowest BCUT2D eigenvalue weighted by Crippen LogP contribution is -2.19. The Morgan fingerprint density at radius 1 is 1.30 bits per heavy atom. The van der Waals surface area contributed by atoms with E-state index < -0.39 is 6.17 Å². The summed E-state index contributed by atoms with van der Waals surface area (Å²) in [5, 5.41) is 0.665. The van der Waals surface area contributed by atoms with Crippen LogP contribution in [-0.4, -0.2) is 0 Å². The van der Waals surface area contributed by atoms with E-state index in [0.29, 0.717) is 5.02 Å². The van der Waals surface area contributed by atoms with Crippen molar-refractivity contribution in [1.82, 2.24) is 0 Å². The molecule has 54 valence electrons. The Kier molecular flexibility index (Phi) is 2.27. The maximum Gasteiger partial charge on any atom is 0.0785 e. The van der Waals surface area contributed by atoms with Gasteiger partial charge in [0.15, 0.2) is 0 Å². The van der Waals surface area contributed by atoms with Crippen LogP contribution in [0.1, 0.15) is 11.7 Å². The summed E-state index contributed by atoms with van der Waals surface area (Å²) in [6.45, 7) is 0. The van der Waals surface area contributed by atoms with Gasteiger partial charge < -0.3 is 11.5 Å². The first-order chi connectivity index (χ1) is 4.70. The first-order valence-electron chi connectivity index (χ1n) is 2.97. The molecule has 1 aromatic rings. The zero-order chi connectivity index (χ0) is 7.56. The van der Waals surface area contributed by atoms with Crippen molar-refractivity contribution in [2.24, 2.45) is 11.5 Å². The van der Waals surface area contributed by atoms with Crippen molar-refractivity contribution >= 4 is 11.6 Å². The molecule has 0 aliphatic heterocycles. The highest BCUT2D eigenvalue weighted by molar-refractivity contribution is 6.30. The second-order valence-electron chi connectivity index (χ2n) is 2.08. The summed E-state index contributed by atoms with van der Waals surface area (Å²) in [6, 6.07) is 7.21. The minimum Gasteiger partial charge on any atom is -0.312 e.